The molecular formula is C17H15NO2S. The normalized spacial score (nSPS) is 20.0. The van der Waals surface area contributed by atoms with E-state index < -0.39 is 0 Å². The minimum absolute atomic E-state index is 0.0488. The molecule has 3 nitrogen and oxygen atoms in total. The Kier molecular flexibility index (Phi) is 3.20. The molecule has 1 saturated heterocycles. The molecule has 0 radical (unpaired) electrons. The van der Waals surface area contributed by atoms with Crippen molar-refractivity contribution in [1.82, 2.24) is 0 Å². The van der Waals surface area contributed by atoms with Crippen molar-refractivity contribution in [2.75, 3.05) is 11.5 Å². The molecule has 0 bridgehead atoms. The van der Waals surface area contributed by atoms with Crippen molar-refractivity contribution >= 4 is 29.0 Å². The van der Waals surface area contributed by atoms with Crippen molar-refractivity contribution in [3.05, 3.63) is 48.5 Å². The van der Waals surface area contributed by atoms with Gasteiger partial charge in [0.15, 0.2) is 0 Å². The van der Waals surface area contributed by atoms with Crippen LogP contribution in [0.15, 0.2) is 58.3 Å². The van der Waals surface area contributed by atoms with Crippen molar-refractivity contribution in [2.24, 2.45) is 0 Å². The van der Waals surface area contributed by atoms with E-state index in [0.717, 1.165) is 34.0 Å². The number of hydrogen-bond donors (Lipinski definition) is 0. The average molecular weight is 297 g/mol. The van der Waals surface area contributed by atoms with Gasteiger partial charge in [0.2, 0.25) is 0 Å². The Morgan fingerprint density at radius 3 is 2.24 bits per heavy atom. The van der Waals surface area contributed by atoms with Gasteiger partial charge in [-0.15, -0.1) is 0 Å². The molecule has 2 aliphatic rings. The molecule has 0 spiro atoms. The van der Waals surface area contributed by atoms with E-state index in [1.54, 1.807) is 11.8 Å². The van der Waals surface area contributed by atoms with Crippen LogP contribution in [0.5, 0.6) is 0 Å². The Morgan fingerprint density at radius 1 is 1.05 bits per heavy atom. The van der Waals surface area contributed by atoms with Crippen LogP contribution in [0.2, 0.25) is 0 Å². The SMILES string of the molecule is O=C([C@@H]1CCCO1)N1c2ccccc2Sc2ccccc21. The summed E-state index contributed by atoms with van der Waals surface area (Å²) >= 11 is 1.71. The zero-order valence-corrected chi connectivity index (χ0v) is 12.3. The molecular weight excluding hydrogens is 282 g/mol. The van der Waals surface area contributed by atoms with E-state index in [9.17, 15) is 4.79 Å². The Bertz CT molecular complexity index is 649. The van der Waals surface area contributed by atoms with Crippen molar-refractivity contribution in [3.8, 4) is 0 Å². The predicted octanol–water partition coefficient (Wildman–Crippen LogP) is 3.99. The van der Waals surface area contributed by atoms with Crippen LogP contribution in [0.3, 0.4) is 0 Å². The second-order valence-corrected chi connectivity index (χ2v) is 6.30. The van der Waals surface area contributed by atoms with Gasteiger partial charge in [0.1, 0.15) is 6.10 Å². The standard InChI is InChI=1S/C17H15NO2S/c19-17(14-8-5-11-20-14)18-12-6-1-3-9-15(12)21-16-10-4-2-7-13(16)18/h1-4,6-7,9-10,14H,5,8,11H2/t14-/m0/s1. The molecule has 0 N–H and O–H groups in total. The number of carbonyl (C=O) groups is 1. The van der Waals surface area contributed by atoms with Crippen molar-refractivity contribution in [3.63, 3.8) is 0 Å². The summed E-state index contributed by atoms with van der Waals surface area (Å²) in [6.07, 6.45) is 1.46. The third-order valence-electron chi connectivity index (χ3n) is 3.86. The summed E-state index contributed by atoms with van der Waals surface area (Å²) in [7, 11) is 0. The zero-order valence-electron chi connectivity index (χ0n) is 11.5. The molecule has 4 rings (SSSR count). The number of amides is 1. The van der Waals surface area contributed by atoms with Crippen molar-refractivity contribution < 1.29 is 9.53 Å². The molecule has 1 amide bonds. The molecule has 4 heteroatoms. The summed E-state index contributed by atoms with van der Waals surface area (Å²) < 4.78 is 5.60. The summed E-state index contributed by atoms with van der Waals surface area (Å²) in [6, 6.07) is 16.1. The quantitative estimate of drug-likeness (QED) is 0.797. The molecule has 2 aromatic rings. The smallest absolute Gasteiger partial charge is 0.260 e. The third-order valence-corrected chi connectivity index (χ3v) is 4.99. The van der Waals surface area contributed by atoms with Crippen LogP contribution in [0.4, 0.5) is 11.4 Å². The molecule has 2 aromatic carbocycles. The first-order valence-corrected chi connectivity index (χ1v) is 7.98. The molecule has 1 atom stereocenters. The molecule has 2 heterocycles. The molecule has 0 unspecified atom stereocenters. The van der Waals surface area contributed by atoms with E-state index in [1.807, 2.05) is 41.3 Å². The minimum atomic E-state index is -0.311. The van der Waals surface area contributed by atoms with Crippen LogP contribution < -0.4 is 4.90 Å². The molecule has 1 fully saturated rings. The fourth-order valence-corrected chi connectivity index (χ4v) is 3.92. The third kappa shape index (κ3) is 2.15. The van der Waals surface area contributed by atoms with E-state index in [-0.39, 0.29) is 12.0 Å². The van der Waals surface area contributed by atoms with E-state index in [0.29, 0.717) is 6.61 Å². The van der Waals surface area contributed by atoms with Gasteiger partial charge in [-0.05, 0) is 37.1 Å². The summed E-state index contributed by atoms with van der Waals surface area (Å²) in [5.41, 5.74) is 1.92. The molecule has 0 saturated carbocycles. The number of para-hydroxylation sites is 2. The van der Waals surface area contributed by atoms with Gasteiger partial charge in [-0.3, -0.25) is 9.69 Å². The Morgan fingerprint density at radius 2 is 1.67 bits per heavy atom. The van der Waals surface area contributed by atoms with E-state index in [1.165, 1.54) is 0 Å². The summed E-state index contributed by atoms with van der Waals surface area (Å²) in [5.74, 6) is 0.0488. The number of fused-ring (bicyclic) bond motifs is 2. The zero-order chi connectivity index (χ0) is 14.2. The minimum Gasteiger partial charge on any atom is -0.368 e. The van der Waals surface area contributed by atoms with Crippen LogP contribution in [0, 0.1) is 0 Å². The fraction of sp³-hybridized carbons (Fsp3) is 0.235. The Hall–Kier alpha value is -1.78. The number of carbonyl (C=O) groups excluding carboxylic acids is 1. The maximum absolute atomic E-state index is 12.9. The predicted molar refractivity (Wildman–Crippen MR) is 83.1 cm³/mol. The van der Waals surface area contributed by atoms with E-state index in [4.69, 9.17) is 4.74 Å². The maximum atomic E-state index is 12.9. The highest BCUT2D eigenvalue weighted by Crippen LogP contribution is 2.48. The van der Waals surface area contributed by atoms with Gasteiger partial charge in [-0.2, -0.15) is 0 Å². The van der Waals surface area contributed by atoms with E-state index in [2.05, 4.69) is 12.1 Å². The summed E-state index contributed by atoms with van der Waals surface area (Å²) in [6.45, 7) is 0.683. The number of nitrogens with zero attached hydrogens (tertiary/aromatic N) is 1. The van der Waals surface area contributed by atoms with Crippen LogP contribution in [0.25, 0.3) is 0 Å². The number of hydrogen-bond acceptors (Lipinski definition) is 3. The molecule has 2 aliphatic heterocycles. The average Bonchev–Trinajstić information content (AvgIpc) is 3.06. The number of rotatable bonds is 1. The lowest BCUT2D eigenvalue weighted by molar-refractivity contribution is -0.126. The molecule has 0 aliphatic carbocycles. The lowest BCUT2D eigenvalue weighted by Crippen LogP contribution is -2.37. The van der Waals surface area contributed by atoms with Gasteiger partial charge < -0.3 is 4.74 Å². The highest BCUT2D eigenvalue weighted by Gasteiger charge is 2.34. The highest BCUT2D eigenvalue weighted by atomic mass is 32.2. The monoisotopic (exact) mass is 297 g/mol. The van der Waals surface area contributed by atoms with E-state index >= 15 is 0 Å². The number of benzene rings is 2. The van der Waals surface area contributed by atoms with Gasteiger partial charge in [-0.25, -0.2) is 0 Å². The first kappa shape index (κ1) is 12.9. The maximum Gasteiger partial charge on any atom is 0.260 e. The van der Waals surface area contributed by atoms with Gasteiger partial charge in [0, 0.05) is 16.4 Å². The molecule has 0 aromatic heterocycles. The Balaban J connectivity index is 1.83. The second-order valence-electron chi connectivity index (χ2n) is 5.21. The largest absolute Gasteiger partial charge is 0.368 e. The first-order chi connectivity index (χ1) is 10.3. The lowest BCUT2D eigenvalue weighted by atomic mass is 10.1. The summed E-state index contributed by atoms with van der Waals surface area (Å²) in [4.78, 5) is 17.0. The van der Waals surface area contributed by atoms with Crippen molar-refractivity contribution in [1.29, 1.82) is 0 Å². The van der Waals surface area contributed by atoms with Gasteiger partial charge in [0.25, 0.3) is 5.91 Å². The van der Waals surface area contributed by atoms with Crippen LogP contribution >= 0.6 is 11.8 Å². The number of anilines is 2. The molecule has 21 heavy (non-hydrogen) atoms. The fourth-order valence-electron chi connectivity index (χ4n) is 2.86. The molecule has 106 valence electrons. The first-order valence-electron chi connectivity index (χ1n) is 7.16. The van der Waals surface area contributed by atoms with Crippen LogP contribution in [0.1, 0.15) is 12.8 Å². The topological polar surface area (TPSA) is 29.5 Å². The van der Waals surface area contributed by atoms with Gasteiger partial charge >= 0.3 is 0 Å². The highest BCUT2D eigenvalue weighted by molar-refractivity contribution is 7.99. The second kappa shape index (κ2) is 5.20. The van der Waals surface area contributed by atoms with Gasteiger partial charge in [0.05, 0.1) is 11.4 Å². The Labute approximate surface area is 127 Å². The summed E-state index contributed by atoms with van der Waals surface area (Å²) in [5, 5.41) is 0. The van der Waals surface area contributed by atoms with Crippen LogP contribution in [-0.4, -0.2) is 18.6 Å². The van der Waals surface area contributed by atoms with Gasteiger partial charge in [-0.1, -0.05) is 36.0 Å². The van der Waals surface area contributed by atoms with Crippen LogP contribution in [-0.2, 0) is 9.53 Å². The van der Waals surface area contributed by atoms with Crippen molar-refractivity contribution in [2.45, 2.75) is 28.7 Å². The number of ether oxygens (including phenoxy) is 1. The lowest BCUT2D eigenvalue weighted by Gasteiger charge is -2.32.